The van der Waals surface area contributed by atoms with Crippen LogP contribution in [0.15, 0.2) is 0 Å². The molecule has 19 heavy (non-hydrogen) atoms. The van der Waals surface area contributed by atoms with Gasteiger partial charge in [0.15, 0.2) is 0 Å². The molecule has 2 rings (SSSR count). The Morgan fingerprint density at radius 3 is 2.79 bits per heavy atom. The molecule has 2 fully saturated rings. The van der Waals surface area contributed by atoms with Gasteiger partial charge in [-0.2, -0.15) is 0 Å². The highest BCUT2D eigenvalue weighted by Crippen LogP contribution is 2.29. The Bertz CT molecular complexity index is 292. The summed E-state index contributed by atoms with van der Waals surface area (Å²) in [5.74, 6) is 0.785. The number of amides is 1. The molecule has 4 nitrogen and oxygen atoms in total. The van der Waals surface area contributed by atoms with Gasteiger partial charge < -0.3 is 15.5 Å². The third-order valence-electron chi connectivity index (χ3n) is 4.78. The summed E-state index contributed by atoms with van der Waals surface area (Å²) in [5, 5.41) is 6.54. The second kappa shape index (κ2) is 6.71. The normalized spacial score (nSPS) is 28.0. The Morgan fingerprint density at radius 1 is 1.42 bits per heavy atom. The second-order valence-corrected chi connectivity index (χ2v) is 6.81. The summed E-state index contributed by atoms with van der Waals surface area (Å²) in [4.78, 5) is 14.4. The van der Waals surface area contributed by atoms with E-state index in [1.165, 1.54) is 25.7 Å². The van der Waals surface area contributed by atoms with E-state index in [1.54, 1.807) is 0 Å². The van der Waals surface area contributed by atoms with Crippen LogP contribution in [0.3, 0.4) is 0 Å². The number of hydrogen-bond acceptors (Lipinski definition) is 3. The SMILES string of the molecule is CN1CCC(C)(CNC(=O)CC2CCCNC2)CC1. The summed E-state index contributed by atoms with van der Waals surface area (Å²) in [5.41, 5.74) is 0.299. The minimum absolute atomic E-state index is 0.244. The molecule has 1 atom stereocenters. The number of nitrogens with one attached hydrogen (secondary N) is 2. The average Bonchev–Trinajstić information content (AvgIpc) is 2.42. The smallest absolute Gasteiger partial charge is 0.220 e. The van der Waals surface area contributed by atoms with Crippen LogP contribution in [0, 0.1) is 11.3 Å². The van der Waals surface area contributed by atoms with E-state index in [9.17, 15) is 4.79 Å². The van der Waals surface area contributed by atoms with Crippen molar-refractivity contribution in [3.05, 3.63) is 0 Å². The van der Waals surface area contributed by atoms with Crippen LogP contribution in [0.2, 0.25) is 0 Å². The summed E-state index contributed by atoms with van der Waals surface area (Å²) in [6.07, 6.45) is 5.48. The monoisotopic (exact) mass is 267 g/mol. The third kappa shape index (κ3) is 4.77. The van der Waals surface area contributed by atoms with E-state index >= 15 is 0 Å². The van der Waals surface area contributed by atoms with Gasteiger partial charge in [0.05, 0.1) is 0 Å². The summed E-state index contributed by atoms with van der Waals surface area (Å²) in [7, 11) is 2.17. The zero-order valence-corrected chi connectivity index (χ0v) is 12.5. The van der Waals surface area contributed by atoms with Crippen LogP contribution in [0.25, 0.3) is 0 Å². The fourth-order valence-electron chi connectivity index (χ4n) is 3.08. The first kappa shape index (κ1) is 14.8. The minimum Gasteiger partial charge on any atom is -0.356 e. The fourth-order valence-corrected chi connectivity index (χ4v) is 3.08. The van der Waals surface area contributed by atoms with E-state index in [0.29, 0.717) is 17.8 Å². The number of hydrogen-bond donors (Lipinski definition) is 2. The number of carbonyl (C=O) groups excluding carboxylic acids is 1. The largest absolute Gasteiger partial charge is 0.356 e. The molecule has 4 heteroatoms. The Kier molecular flexibility index (Phi) is 5.22. The topological polar surface area (TPSA) is 44.4 Å². The molecule has 1 unspecified atom stereocenters. The lowest BCUT2D eigenvalue weighted by Gasteiger charge is -2.38. The maximum atomic E-state index is 12.0. The van der Waals surface area contributed by atoms with Gasteiger partial charge >= 0.3 is 0 Å². The standard InChI is InChI=1S/C15H29N3O/c1-15(5-8-18(2)9-6-15)12-17-14(19)10-13-4-3-7-16-11-13/h13,16H,3-12H2,1-2H3,(H,17,19). The first-order chi connectivity index (χ1) is 9.07. The van der Waals surface area contributed by atoms with E-state index < -0.39 is 0 Å². The lowest BCUT2D eigenvalue weighted by Crippen LogP contribution is -2.44. The predicted molar refractivity (Wildman–Crippen MR) is 78.1 cm³/mol. The van der Waals surface area contributed by atoms with Gasteiger partial charge in [-0.05, 0) is 70.2 Å². The lowest BCUT2D eigenvalue weighted by atomic mass is 9.80. The van der Waals surface area contributed by atoms with E-state index in [0.717, 1.165) is 32.7 Å². The summed E-state index contributed by atoms with van der Waals surface area (Å²) < 4.78 is 0. The molecule has 0 aromatic heterocycles. The maximum absolute atomic E-state index is 12.0. The number of rotatable bonds is 4. The van der Waals surface area contributed by atoms with Gasteiger partial charge in [-0.15, -0.1) is 0 Å². The molecule has 0 aliphatic carbocycles. The van der Waals surface area contributed by atoms with Gasteiger partial charge in [0.25, 0.3) is 0 Å². The van der Waals surface area contributed by atoms with Crippen molar-refractivity contribution in [3.8, 4) is 0 Å². The van der Waals surface area contributed by atoms with Crippen LogP contribution >= 0.6 is 0 Å². The molecule has 0 radical (unpaired) electrons. The Balaban J connectivity index is 1.67. The van der Waals surface area contributed by atoms with Crippen molar-refractivity contribution in [2.24, 2.45) is 11.3 Å². The van der Waals surface area contributed by atoms with Gasteiger partial charge in [-0.1, -0.05) is 6.92 Å². The van der Waals surface area contributed by atoms with Crippen LogP contribution < -0.4 is 10.6 Å². The van der Waals surface area contributed by atoms with Gasteiger partial charge in [-0.3, -0.25) is 4.79 Å². The third-order valence-corrected chi connectivity index (χ3v) is 4.78. The maximum Gasteiger partial charge on any atom is 0.220 e. The summed E-state index contributed by atoms with van der Waals surface area (Å²) in [6, 6.07) is 0. The molecule has 0 aromatic carbocycles. The van der Waals surface area contributed by atoms with Gasteiger partial charge in [0.2, 0.25) is 5.91 Å². The van der Waals surface area contributed by atoms with Crippen molar-refractivity contribution in [2.75, 3.05) is 39.8 Å². The zero-order chi connectivity index (χ0) is 13.7. The first-order valence-electron chi connectivity index (χ1n) is 7.73. The summed E-state index contributed by atoms with van der Waals surface area (Å²) in [6.45, 7) is 7.58. The highest BCUT2D eigenvalue weighted by Gasteiger charge is 2.29. The van der Waals surface area contributed by atoms with Crippen molar-refractivity contribution in [2.45, 2.75) is 39.0 Å². The average molecular weight is 267 g/mol. The molecule has 0 spiro atoms. The minimum atomic E-state index is 0.244. The highest BCUT2D eigenvalue weighted by molar-refractivity contribution is 5.76. The summed E-state index contributed by atoms with van der Waals surface area (Å²) >= 11 is 0. The van der Waals surface area contributed by atoms with Crippen molar-refractivity contribution in [1.82, 2.24) is 15.5 Å². The molecule has 2 heterocycles. The molecule has 110 valence electrons. The molecule has 2 aliphatic heterocycles. The molecule has 2 saturated heterocycles. The molecule has 0 saturated carbocycles. The lowest BCUT2D eigenvalue weighted by molar-refractivity contribution is -0.122. The first-order valence-corrected chi connectivity index (χ1v) is 7.73. The molecule has 2 aliphatic rings. The van der Waals surface area contributed by atoms with Crippen LogP contribution in [0.1, 0.15) is 39.0 Å². The van der Waals surface area contributed by atoms with Crippen molar-refractivity contribution < 1.29 is 4.79 Å². The number of nitrogens with zero attached hydrogens (tertiary/aromatic N) is 1. The van der Waals surface area contributed by atoms with Crippen molar-refractivity contribution in [1.29, 1.82) is 0 Å². The number of piperidine rings is 2. The molecule has 0 aromatic rings. The molecular weight excluding hydrogens is 238 g/mol. The number of likely N-dealkylation sites (tertiary alicyclic amines) is 1. The van der Waals surface area contributed by atoms with Gasteiger partial charge in [0, 0.05) is 13.0 Å². The molecule has 2 N–H and O–H groups in total. The van der Waals surface area contributed by atoms with Crippen molar-refractivity contribution in [3.63, 3.8) is 0 Å². The predicted octanol–water partition coefficient (Wildman–Crippen LogP) is 1.22. The van der Waals surface area contributed by atoms with Crippen LogP contribution in [0.4, 0.5) is 0 Å². The Morgan fingerprint density at radius 2 is 2.16 bits per heavy atom. The zero-order valence-electron chi connectivity index (χ0n) is 12.5. The van der Waals surface area contributed by atoms with Crippen molar-refractivity contribution >= 4 is 5.91 Å². The number of carbonyl (C=O) groups is 1. The Hall–Kier alpha value is -0.610. The molecule has 1 amide bonds. The van der Waals surface area contributed by atoms with Crippen LogP contribution in [-0.2, 0) is 4.79 Å². The van der Waals surface area contributed by atoms with E-state index in [-0.39, 0.29) is 5.91 Å². The van der Waals surface area contributed by atoms with Crippen LogP contribution in [0.5, 0.6) is 0 Å². The fraction of sp³-hybridized carbons (Fsp3) is 0.933. The van der Waals surface area contributed by atoms with E-state index in [4.69, 9.17) is 0 Å². The second-order valence-electron chi connectivity index (χ2n) is 6.81. The quantitative estimate of drug-likeness (QED) is 0.805. The highest BCUT2D eigenvalue weighted by atomic mass is 16.1. The van der Waals surface area contributed by atoms with E-state index in [2.05, 4.69) is 29.5 Å². The van der Waals surface area contributed by atoms with Gasteiger partial charge in [-0.25, -0.2) is 0 Å². The molecular formula is C15H29N3O. The van der Waals surface area contributed by atoms with Crippen LogP contribution in [-0.4, -0.2) is 50.6 Å². The Labute approximate surface area is 117 Å². The van der Waals surface area contributed by atoms with E-state index in [1.807, 2.05) is 0 Å². The molecule has 0 bridgehead atoms. The van der Waals surface area contributed by atoms with Gasteiger partial charge in [0.1, 0.15) is 0 Å².